The van der Waals surface area contributed by atoms with Crippen molar-refractivity contribution in [2.24, 2.45) is 5.73 Å². The predicted octanol–water partition coefficient (Wildman–Crippen LogP) is -0.745. The van der Waals surface area contributed by atoms with Gasteiger partial charge in [-0.05, 0) is 0 Å². The van der Waals surface area contributed by atoms with E-state index in [2.05, 4.69) is 5.32 Å². The number of hydrogen-bond acceptors (Lipinski definition) is 4. The predicted molar refractivity (Wildman–Crippen MR) is 51.8 cm³/mol. The van der Waals surface area contributed by atoms with Crippen LogP contribution in [0.4, 0.5) is 0 Å². The van der Waals surface area contributed by atoms with Gasteiger partial charge in [0, 0.05) is 33.6 Å². The molecule has 3 N–H and O–H groups in total. The zero-order valence-corrected chi connectivity index (χ0v) is 8.71. The summed E-state index contributed by atoms with van der Waals surface area (Å²) in [5.41, 5.74) is 4.76. The van der Waals surface area contributed by atoms with E-state index in [1.807, 2.05) is 0 Å². The summed E-state index contributed by atoms with van der Waals surface area (Å²) in [7, 11) is 3.27. The zero-order chi connectivity index (χ0) is 10.6. The lowest BCUT2D eigenvalue weighted by Gasteiger charge is -2.45. The second kappa shape index (κ2) is 4.72. The van der Waals surface area contributed by atoms with Crippen LogP contribution in [0, 0.1) is 0 Å². The molecule has 1 saturated carbocycles. The number of amides is 1. The van der Waals surface area contributed by atoms with Crippen LogP contribution >= 0.6 is 0 Å². The third kappa shape index (κ3) is 2.23. The van der Waals surface area contributed by atoms with Crippen LogP contribution in [-0.4, -0.2) is 44.9 Å². The van der Waals surface area contributed by atoms with Crippen LogP contribution < -0.4 is 11.1 Å². The topological polar surface area (TPSA) is 73.6 Å². The van der Waals surface area contributed by atoms with Crippen molar-refractivity contribution in [3.05, 3.63) is 0 Å². The maximum Gasteiger partial charge on any atom is 0.237 e. The van der Waals surface area contributed by atoms with Crippen LogP contribution in [0.3, 0.4) is 0 Å². The van der Waals surface area contributed by atoms with Crippen molar-refractivity contribution in [2.45, 2.75) is 24.5 Å². The van der Waals surface area contributed by atoms with Crippen molar-refractivity contribution in [2.75, 3.05) is 27.4 Å². The number of rotatable bonds is 6. The minimum atomic E-state index is -0.570. The van der Waals surface area contributed by atoms with E-state index in [9.17, 15) is 4.79 Å². The van der Waals surface area contributed by atoms with Gasteiger partial charge in [-0.1, -0.05) is 0 Å². The highest BCUT2D eigenvalue weighted by Gasteiger charge is 2.48. The van der Waals surface area contributed by atoms with E-state index in [0.717, 1.165) is 0 Å². The molecule has 0 saturated heterocycles. The van der Waals surface area contributed by atoms with Crippen molar-refractivity contribution >= 4 is 5.91 Å². The third-order valence-electron chi connectivity index (χ3n) is 2.73. The number of ether oxygens (including phenoxy) is 2. The first-order valence-corrected chi connectivity index (χ1v) is 4.71. The van der Waals surface area contributed by atoms with E-state index in [4.69, 9.17) is 15.2 Å². The highest BCUT2D eigenvalue weighted by molar-refractivity contribution is 5.86. The second-order valence-electron chi connectivity index (χ2n) is 3.63. The van der Waals surface area contributed by atoms with E-state index < -0.39 is 5.54 Å². The van der Waals surface area contributed by atoms with Gasteiger partial charge in [0.05, 0.1) is 12.7 Å². The molecule has 0 aromatic heterocycles. The van der Waals surface area contributed by atoms with E-state index >= 15 is 0 Å². The normalized spacial score (nSPS) is 31.1. The molecule has 14 heavy (non-hydrogen) atoms. The van der Waals surface area contributed by atoms with Gasteiger partial charge in [-0.25, -0.2) is 0 Å². The van der Waals surface area contributed by atoms with Crippen molar-refractivity contribution in [3.63, 3.8) is 0 Å². The Labute approximate surface area is 83.9 Å². The Morgan fingerprint density at radius 1 is 1.57 bits per heavy atom. The molecule has 0 aromatic carbocycles. The summed E-state index contributed by atoms with van der Waals surface area (Å²) in [6.45, 7) is 1.21. The number of primary amides is 1. The third-order valence-corrected chi connectivity index (χ3v) is 2.73. The highest BCUT2D eigenvalue weighted by Crippen LogP contribution is 2.33. The largest absolute Gasteiger partial charge is 0.383 e. The molecular formula is C9H18N2O3. The van der Waals surface area contributed by atoms with Gasteiger partial charge < -0.3 is 20.5 Å². The average Bonchev–Trinajstić information content (AvgIpc) is 2.08. The number of hydrogen-bond donors (Lipinski definition) is 2. The first-order chi connectivity index (χ1) is 6.64. The van der Waals surface area contributed by atoms with Gasteiger partial charge in [0.2, 0.25) is 5.91 Å². The van der Waals surface area contributed by atoms with Crippen LogP contribution in [0.5, 0.6) is 0 Å². The molecule has 0 unspecified atom stereocenters. The Bertz CT molecular complexity index is 202. The number of methoxy groups -OCH3 is 2. The minimum Gasteiger partial charge on any atom is -0.383 e. The molecule has 0 spiro atoms. The molecule has 5 nitrogen and oxygen atoms in total. The fourth-order valence-corrected chi connectivity index (χ4v) is 1.71. The summed E-state index contributed by atoms with van der Waals surface area (Å²) >= 11 is 0. The summed E-state index contributed by atoms with van der Waals surface area (Å²) in [5.74, 6) is -0.304. The van der Waals surface area contributed by atoms with E-state index in [1.54, 1.807) is 14.2 Å². The van der Waals surface area contributed by atoms with Crippen LogP contribution in [0.2, 0.25) is 0 Å². The summed E-state index contributed by atoms with van der Waals surface area (Å²) in [4.78, 5) is 11.2. The molecule has 0 atom stereocenters. The molecule has 0 bridgehead atoms. The second-order valence-corrected chi connectivity index (χ2v) is 3.63. The summed E-state index contributed by atoms with van der Waals surface area (Å²) in [5, 5.41) is 3.12. The maximum absolute atomic E-state index is 11.2. The molecule has 1 aliphatic rings. The molecule has 1 fully saturated rings. The molecule has 0 aromatic rings. The molecule has 0 heterocycles. The Hall–Kier alpha value is -0.650. The fraction of sp³-hybridized carbons (Fsp3) is 0.889. The van der Waals surface area contributed by atoms with Crippen LogP contribution in [0.1, 0.15) is 12.8 Å². The van der Waals surface area contributed by atoms with Gasteiger partial charge >= 0.3 is 0 Å². The average molecular weight is 202 g/mol. The Balaban J connectivity index is 2.38. The van der Waals surface area contributed by atoms with Crippen LogP contribution in [0.15, 0.2) is 0 Å². The monoisotopic (exact) mass is 202 g/mol. The van der Waals surface area contributed by atoms with E-state index in [-0.39, 0.29) is 12.0 Å². The summed E-state index contributed by atoms with van der Waals surface area (Å²) in [6, 6.07) is 0. The van der Waals surface area contributed by atoms with Gasteiger partial charge in [-0.3, -0.25) is 4.79 Å². The summed E-state index contributed by atoms with van der Waals surface area (Å²) < 4.78 is 10.0. The first kappa shape index (κ1) is 11.4. The Morgan fingerprint density at radius 2 is 2.21 bits per heavy atom. The lowest BCUT2D eigenvalue weighted by Crippen LogP contribution is -2.65. The number of carbonyl (C=O) groups excluding carboxylic acids is 1. The van der Waals surface area contributed by atoms with Crippen LogP contribution in [-0.2, 0) is 14.3 Å². The van der Waals surface area contributed by atoms with Gasteiger partial charge in [-0.15, -0.1) is 0 Å². The number of carbonyl (C=O) groups is 1. The SMILES string of the molecule is COCCNC1(C(N)=O)CC(OC)C1. The van der Waals surface area contributed by atoms with Crippen LogP contribution in [0.25, 0.3) is 0 Å². The minimum absolute atomic E-state index is 0.151. The van der Waals surface area contributed by atoms with Crippen molar-refractivity contribution < 1.29 is 14.3 Å². The molecule has 1 rings (SSSR count). The molecule has 5 heteroatoms. The van der Waals surface area contributed by atoms with Crippen molar-refractivity contribution in [1.29, 1.82) is 0 Å². The zero-order valence-electron chi connectivity index (χ0n) is 8.71. The fourth-order valence-electron chi connectivity index (χ4n) is 1.71. The quantitative estimate of drug-likeness (QED) is 0.556. The standard InChI is InChI=1S/C9H18N2O3/c1-13-4-3-11-9(8(10)12)5-7(6-9)14-2/h7,11H,3-6H2,1-2H3,(H2,10,12). The molecule has 1 amide bonds. The van der Waals surface area contributed by atoms with Crippen molar-refractivity contribution in [1.82, 2.24) is 5.32 Å². The lowest BCUT2D eigenvalue weighted by atomic mass is 9.73. The first-order valence-electron chi connectivity index (χ1n) is 4.71. The molecule has 82 valence electrons. The van der Waals surface area contributed by atoms with Gasteiger partial charge in [0.15, 0.2) is 0 Å². The molecule has 0 aliphatic heterocycles. The molecule has 1 aliphatic carbocycles. The number of nitrogens with two attached hydrogens (primary N) is 1. The van der Waals surface area contributed by atoms with E-state index in [1.165, 1.54) is 0 Å². The van der Waals surface area contributed by atoms with Gasteiger partial charge in [0.25, 0.3) is 0 Å². The maximum atomic E-state index is 11.2. The number of nitrogens with one attached hydrogen (secondary N) is 1. The van der Waals surface area contributed by atoms with Crippen molar-refractivity contribution in [3.8, 4) is 0 Å². The van der Waals surface area contributed by atoms with E-state index in [0.29, 0.717) is 26.0 Å². The Kier molecular flexibility index (Phi) is 3.86. The van der Waals surface area contributed by atoms with Gasteiger partial charge in [-0.2, -0.15) is 0 Å². The van der Waals surface area contributed by atoms with Gasteiger partial charge in [0.1, 0.15) is 5.54 Å². The molecule has 0 radical (unpaired) electrons. The highest BCUT2D eigenvalue weighted by atomic mass is 16.5. The smallest absolute Gasteiger partial charge is 0.237 e. The molecular weight excluding hydrogens is 184 g/mol. The summed E-state index contributed by atoms with van der Waals surface area (Å²) in [6.07, 6.45) is 1.46. The Morgan fingerprint density at radius 3 is 2.64 bits per heavy atom. The lowest BCUT2D eigenvalue weighted by molar-refractivity contribution is -0.135.